The van der Waals surface area contributed by atoms with E-state index in [-0.39, 0.29) is 5.56 Å². The van der Waals surface area contributed by atoms with E-state index in [0.717, 1.165) is 4.47 Å². The topological polar surface area (TPSA) is 29.9 Å². The van der Waals surface area contributed by atoms with Crippen molar-refractivity contribution < 1.29 is 8.78 Å². The Morgan fingerprint density at radius 2 is 2.10 bits per heavy atom. The molecule has 0 aliphatic rings. The number of aromatic nitrogens is 2. The average Bonchev–Trinajstić information content (AvgIpc) is 2.80. The molecule has 20 heavy (non-hydrogen) atoms. The maximum atomic E-state index is 14.3. The van der Waals surface area contributed by atoms with E-state index in [2.05, 4.69) is 26.3 Å². The first-order valence-corrected chi connectivity index (χ1v) is 7.13. The van der Waals surface area contributed by atoms with Crippen LogP contribution in [0.2, 0.25) is 0 Å². The lowest BCUT2D eigenvalue weighted by molar-refractivity contribution is 0.493. The monoisotopic (exact) mass is 343 g/mol. The van der Waals surface area contributed by atoms with Crippen molar-refractivity contribution in [1.29, 1.82) is 0 Å². The van der Waals surface area contributed by atoms with E-state index in [1.165, 1.54) is 12.1 Å². The number of benzene rings is 1. The van der Waals surface area contributed by atoms with Gasteiger partial charge in [0, 0.05) is 12.1 Å². The van der Waals surface area contributed by atoms with E-state index >= 15 is 0 Å². The van der Waals surface area contributed by atoms with E-state index < -0.39 is 17.7 Å². The zero-order valence-electron chi connectivity index (χ0n) is 11.5. The molecule has 1 heterocycles. The second-order valence-electron chi connectivity index (χ2n) is 4.51. The molecular weight excluding hydrogens is 328 g/mol. The van der Waals surface area contributed by atoms with Gasteiger partial charge in [-0.1, -0.05) is 6.07 Å². The Labute approximate surface area is 125 Å². The van der Waals surface area contributed by atoms with Crippen molar-refractivity contribution in [2.75, 3.05) is 7.05 Å². The third-order valence-corrected chi connectivity index (χ3v) is 3.91. The van der Waals surface area contributed by atoms with E-state index in [4.69, 9.17) is 0 Å². The molecule has 0 bridgehead atoms. The lowest BCUT2D eigenvalue weighted by atomic mass is 10.00. The fourth-order valence-electron chi connectivity index (χ4n) is 2.27. The summed E-state index contributed by atoms with van der Waals surface area (Å²) < 4.78 is 30.9. The molecule has 1 atom stereocenters. The molecule has 0 radical (unpaired) electrons. The van der Waals surface area contributed by atoms with Crippen LogP contribution in [0.5, 0.6) is 0 Å². The number of aryl methyl sites for hydroxylation is 2. The predicted octanol–water partition coefficient (Wildman–Crippen LogP) is 3.56. The molecule has 1 N–H and O–H groups in total. The highest BCUT2D eigenvalue weighted by Gasteiger charge is 2.26. The molecule has 0 aliphatic carbocycles. The van der Waals surface area contributed by atoms with Crippen LogP contribution in [0.1, 0.15) is 29.8 Å². The molecule has 2 aromatic rings. The Kier molecular flexibility index (Phi) is 4.55. The normalized spacial score (nSPS) is 12.7. The van der Waals surface area contributed by atoms with Gasteiger partial charge in [-0.05, 0) is 48.5 Å². The largest absolute Gasteiger partial charge is 0.308 e. The molecule has 1 aromatic carbocycles. The second kappa shape index (κ2) is 6.01. The fourth-order valence-corrected chi connectivity index (χ4v) is 2.80. The number of hydrogen-bond donors (Lipinski definition) is 1. The Hall–Kier alpha value is -1.27. The maximum absolute atomic E-state index is 14.3. The molecular formula is C14H16BrF2N3. The van der Waals surface area contributed by atoms with Gasteiger partial charge in [-0.2, -0.15) is 5.10 Å². The first kappa shape index (κ1) is 15.1. The lowest BCUT2D eigenvalue weighted by Gasteiger charge is -2.20. The minimum atomic E-state index is -0.605. The van der Waals surface area contributed by atoms with Crippen LogP contribution in [0, 0.1) is 18.6 Å². The van der Waals surface area contributed by atoms with E-state index in [9.17, 15) is 8.78 Å². The van der Waals surface area contributed by atoms with Gasteiger partial charge in [-0.15, -0.1) is 0 Å². The summed E-state index contributed by atoms with van der Waals surface area (Å²) in [6.07, 6.45) is 1.63. The highest BCUT2D eigenvalue weighted by atomic mass is 79.9. The summed E-state index contributed by atoms with van der Waals surface area (Å²) in [4.78, 5) is 0. The number of nitrogens with one attached hydrogen (secondary N) is 1. The van der Waals surface area contributed by atoms with Crippen LogP contribution in [0.4, 0.5) is 8.78 Å². The number of hydrogen-bond acceptors (Lipinski definition) is 2. The van der Waals surface area contributed by atoms with Gasteiger partial charge < -0.3 is 5.32 Å². The smallest absolute Gasteiger partial charge is 0.134 e. The summed E-state index contributed by atoms with van der Waals surface area (Å²) in [7, 11) is 1.67. The molecule has 3 nitrogen and oxygen atoms in total. The van der Waals surface area contributed by atoms with Crippen molar-refractivity contribution in [2.24, 2.45) is 0 Å². The summed E-state index contributed by atoms with van der Waals surface area (Å²) in [6.45, 7) is 4.17. The Morgan fingerprint density at radius 3 is 2.70 bits per heavy atom. The number of rotatable bonds is 4. The Morgan fingerprint density at radius 1 is 1.40 bits per heavy atom. The number of nitrogens with zero attached hydrogens (tertiary/aromatic N) is 2. The highest BCUT2D eigenvalue weighted by Crippen LogP contribution is 2.32. The fraction of sp³-hybridized carbons (Fsp3) is 0.357. The van der Waals surface area contributed by atoms with Gasteiger partial charge >= 0.3 is 0 Å². The van der Waals surface area contributed by atoms with Crippen LogP contribution in [-0.2, 0) is 6.54 Å². The zero-order valence-corrected chi connectivity index (χ0v) is 13.1. The lowest BCUT2D eigenvalue weighted by Crippen LogP contribution is -2.24. The summed E-state index contributed by atoms with van der Waals surface area (Å²) >= 11 is 3.40. The van der Waals surface area contributed by atoms with Gasteiger partial charge in [0.25, 0.3) is 0 Å². The van der Waals surface area contributed by atoms with Gasteiger partial charge in [0.2, 0.25) is 0 Å². The Balaban J connectivity index is 2.64. The molecule has 6 heteroatoms. The van der Waals surface area contributed by atoms with E-state index in [0.29, 0.717) is 17.8 Å². The standard InChI is InChI=1S/C14H16BrF2N3/c1-4-20-14(9(15)7-19-20)13(18-3)11-10(16)6-5-8(2)12(11)17/h5-7,13,18H,4H2,1-3H3. The molecule has 0 saturated carbocycles. The first-order valence-electron chi connectivity index (χ1n) is 6.34. The van der Waals surface area contributed by atoms with Gasteiger partial charge in [-0.3, -0.25) is 4.68 Å². The predicted molar refractivity (Wildman–Crippen MR) is 77.6 cm³/mol. The quantitative estimate of drug-likeness (QED) is 0.919. The van der Waals surface area contributed by atoms with Gasteiger partial charge in [0.05, 0.1) is 22.4 Å². The van der Waals surface area contributed by atoms with E-state index in [1.54, 1.807) is 24.9 Å². The van der Waals surface area contributed by atoms with Crippen molar-refractivity contribution in [3.63, 3.8) is 0 Å². The highest BCUT2D eigenvalue weighted by molar-refractivity contribution is 9.10. The van der Waals surface area contributed by atoms with Crippen molar-refractivity contribution >= 4 is 15.9 Å². The van der Waals surface area contributed by atoms with Gasteiger partial charge in [-0.25, -0.2) is 8.78 Å². The van der Waals surface area contributed by atoms with Crippen molar-refractivity contribution in [3.05, 3.63) is 51.3 Å². The molecule has 2 rings (SSSR count). The van der Waals surface area contributed by atoms with Crippen LogP contribution in [0.15, 0.2) is 22.8 Å². The number of halogens is 3. The molecule has 0 spiro atoms. The van der Waals surface area contributed by atoms with Crippen molar-refractivity contribution in [1.82, 2.24) is 15.1 Å². The SMILES string of the molecule is CCn1ncc(Br)c1C(NC)c1c(F)ccc(C)c1F. The minimum absolute atomic E-state index is 0.0170. The van der Waals surface area contributed by atoms with Gasteiger partial charge in [0.15, 0.2) is 0 Å². The molecule has 0 aliphatic heterocycles. The molecule has 1 aromatic heterocycles. The molecule has 0 fully saturated rings. The molecule has 1 unspecified atom stereocenters. The molecule has 0 amide bonds. The van der Waals surface area contributed by atoms with E-state index in [1.807, 2.05) is 6.92 Å². The third-order valence-electron chi connectivity index (χ3n) is 3.30. The van der Waals surface area contributed by atoms with Crippen LogP contribution in [-0.4, -0.2) is 16.8 Å². The first-order chi connectivity index (χ1) is 9.51. The summed E-state index contributed by atoms with van der Waals surface area (Å²) in [6, 6.07) is 2.12. The van der Waals surface area contributed by atoms with Crippen molar-refractivity contribution in [3.8, 4) is 0 Å². The minimum Gasteiger partial charge on any atom is -0.308 e. The zero-order chi connectivity index (χ0) is 14.9. The molecule has 0 saturated heterocycles. The average molecular weight is 344 g/mol. The van der Waals surface area contributed by atoms with Crippen LogP contribution < -0.4 is 5.32 Å². The van der Waals surface area contributed by atoms with Crippen molar-refractivity contribution in [2.45, 2.75) is 26.4 Å². The summed E-state index contributed by atoms with van der Waals surface area (Å²) in [5, 5.41) is 7.17. The van der Waals surface area contributed by atoms with Crippen LogP contribution in [0.25, 0.3) is 0 Å². The molecule has 108 valence electrons. The summed E-state index contributed by atoms with van der Waals surface area (Å²) in [5.74, 6) is -1.09. The van der Waals surface area contributed by atoms with Crippen LogP contribution in [0.3, 0.4) is 0 Å². The van der Waals surface area contributed by atoms with Gasteiger partial charge in [0.1, 0.15) is 11.6 Å². The maximum Gasteiger partial charge on any atom is 0.134 e. The summed E-state index contributed by atoms with van der Waals surface area (Å²) in [5.41, 5.74) is 1.14. The van der Waals surface area contributed by atoms with Crippen LogP contribution >= 0.6 is 15.9 Å². The third kappa shape index (κ3) is 2.50. The Bertz CT molecular complexity index is 625. The second-order valence-corrected chi connectivity index (χ2v) is 5.36.